The molecule has 10 heavy (non-hydrogen) atoms. The van der Waals surface area contributed by atoms with Crippen molar-refractivity contribution in [2.45, 2.75) is 12.5 Å². The summed E-state index contributed by atoms with van der Waals surface area (Å²) in [5.74, 6) is 0. The molecule has 2 N–H and O–H groups in total. The quantitative estimate of drug-likeness (QED) is 0.513. The fourth-order valence-corrected chi connectivity index (χ4v) is 0.878. The van der Waals surface area contributed by atoms with Gasteiger partial charge in [-0.05, 0) is 13.0 Å². The zero-order valence-corrected chi connectivity index (χ0v) is 5.62. The molecule has 1 atom stereocenters. The first-order valence-corrected chi connectivity index (χ1v) is 3.17. The summed E-state index contributed by atoms with van der Waals surface area (Å²) in [6.45, 7) is 0.974. The normalized spacial score (nSPS) is 25.1. The summed E-state index contributed by atoms with van der Waals surface area (Å²) in [5.41, 5.74) is 5.25. The summed E-state index contributed by atoms with van der Waals surface area (Å²) in [5, 5.41) is 0. The molecule has 5 heteroatoms. The van der Waals surface area contributed by atoms with Gasteiger partial charge in [-0.25, -0.2) is 4.79 Å². The number of hydrogen-bond acceptors (Lipinski definition) is 3. The van der Waals surface area contributed by atoms with Gasteiger partial charge in [-0.3, -0.25) is 0 Å². The Hall–Kier alpha value is -0.705. The summed E-state index contributed by atoms with van der Waals surface area (Å²) >= 11 is 0. The maximum Gasteiger partial charge on any atom is 0.397 e. The Kier molecular flexibility index (Phi) is 2.16. The number of carbonyl (C=O) groups is 1. The lowest BCUT2D eigenvalue weighted by atomic mass is 10.2. The predicted octanol–water partition coefficient (Wildman–Crippen LogP) is -0.761. The molecule has 1 aliphatic rings. The lowest BCUT2D eigenvalue weighted by Crippen LogP contribution is -2.22. The first kappa shape index (κ1) is 7.40. The zero-order valence-electron chi connectivity index (χ0n) is 5.62. The molecule has 1 saturated heterocycles. The third-order valence-electron chi connectivity index (χ3n) is 1.39. The Labute approximate surface area is 60.7 Å². The van der Waals surface area contributed by atoms with Crippen LogP contribution in [0, 0.1) is 0 Å². The van der Waals surface area contributed by atoms with E-state index in [9.17, 15) is 4.79 Å². The maximum absolute atomic E-state index is 10.6. The van der Waals surface area contributed by atoms with Gasteiger partial charge in [0.05, 0.1) is 0 Å². The molecular formula is C5H9BN2O2. The van der Waals surface area contributed by atoms with E-state index in [1.807, 2.05) is 0 Å². The Morgan fingerprint density at radius 1 is 1.90 bits per heavy atom. The lowest BCUT2D eigenvalue weighted by molar-refractivity contribution is 0.134. The van der Waals surface area contributed by atoms with Gasteiger partial charge in [0.1, 0.15) is 6.10 Å². The standard InChI is InChI=1S/C5H9BN2O2/c6-8-3-4(1-2-7)10-5(8)9/h4H,1-3,7H2. The lowest BCUT2D eigenvalue weighted by Gasteiger charge is -2.04. The molecular weight excluding hydrogens is 131 g/mol. The fourth-order valence-electron chi connectivity index (χ4n) is 0.878. The van der Waals surface area contributed by atoms with Gasteiger partial charge in [0.2, 0.25) is 7.98 Å². The van der Waals surface area contributed by atoms with Crippen LogP contribution in [-0.2, 0) is 4.74 Å². The molecule has 54 valence electrons. The number of rotatable bonds is 2. The minimum absolute atomic E-state index is 0.109. The first-order valence-electron chi connectivity index (χ1n) is 3.17. The predicted molar refractivity (Wildman–Crippen MR) is 36.4 cm³/mol. The van der Waals surface area contributed by atoms with Gasteiger partial charge in [0.15, 0.2) is 0 Å². The molecule has 1 fully saturated rings. The van der Waals surface area contributed by atoms with Crippen LogP contribution < -0.4 is 5.73 Å². The molecule has 0 bridgehead atoms. The van der Waals surface area contributed by atoms with Crippen LogP contribution in [0.2, 0.25) is 0 Å². The van der Waals surface area contributed by atoms with E-state index in [1.54, 1.807) is 0 Å². The second-order valence-electron chi connectivity index (χ2n) is 2.24. The highest BCUT2D eigenvalue weighted by Crippen LogP contribution is 2.09. The highest BCUT2D eigenvalue weighted by molar-refractivity contribution is 6.13. The molecule has 0 aliphatic carbocycles. The average Bonchev–Trinajstić information content (AvgIpc) is 2.14. The second kappa shape index (κ2) is 2.92. The Morgan fingerprint density at radius 3 is 3.00 bits per heavy atom. The van der Waals surface area contributed by atoms with Gasteiger partial charge < -0.3 is 15.3 Å². The van der Waals surface area contributed by atoms with E-state index >= 15 is 0 Å². The number of nitrogens with two attached hydrogens (primary N) is 1. The summed E-state index contributed by atoms with van der Waals surface area (Å²) in [4.78, 5) is 11.7. The molecule has 0 aromatic carbocycles. The van der Waals surface area contributed by atoms with Crippen molar-refractivity contribution in [3.8, 4) is 0 Å². The van der Waals surface area contributed by atoms with Crippen LogP contribution in [0.3, 0.4) is 0 Å². The number of hydrogen-bond donors (Lipinski definition) is 1. The van der Waals surface area contributed by atoms with Crippen molar-refractivity contribution < 1.29 is 9.53 Å². The van der Waals surface area contributed by atoms with Crippen LogP contribution >= 0.6 is 0 Å². The van der Waals surface area contributed by atoms with E-state index in [1.165, 1.54) is 0 Å². The zero-order chi connectivity index (χ0) is 7.56. The molecule has 0 aromatic rings. The van der Waals surface area contributed by atoms with Crippen molar-refractivity contribution in [3.05, 3.63) is 0 Å². The second-order valence-corrected chi connectivity index (χ2v) is 2.24. The number of carbonyl (C=O) groups excluding carboxylic acids is 1. The van der Waals surface area contributed by atoms with E-state index < -0.39 is 6.09 Å². The molecule has 1 heterocycles. The van der Waals surface area contributed by atoms with Crippen molar-refractivity contribution >= 4 is 14.1 Å². The largest absolute Gasteiger partial charge is 0.445 e. The van der Waals surface area contributed by atoms with Gasteiger partial charge in [0.25, 0.3) is 0 Å². The molecule has 1 unspecified atom stereocenters. The minimum atomic E-state index is -0.460. The molecule has 4 nitrogen and oxygen atoms in total. The third-order valence-corrected chi connectivity index (χ3v) is 1.39. The summed E-state index contributed by atoms with van der Waals surface area (Å²) in [6.07, 6.45) is 0.111. The molecule has 1 rings (SSSR count). The van der Waals surface area contributed by atoms with Crippen LogP contribution in [0.25, 0.3) is 0 Å². The van der Waals surface area contributed by atoms with E-state index in [4.69, 9.17) is 18.5 Å². The van der Waals surface area contributed by atoms with E-state index in [2.05, 4.69) is 0 Å². The smallest absolute Gasteiger partial charge is 0.397 e. The van der Waals surface area contributed by atoms with Crippen molar-refractivity contribution in [1.82, 2.24) is 4.81 Å². The molecule has 0 aromatic heterocycles. The van der Waals surface area contributed by atoms with E-state index in [-0.39, 0.29) is 6.10 Å². The van der Waals surface area contributed by atoms with Gasteiger partial charge in [-0.1, -0.05) is 0 Å². The van der Waals surface area contributed by atoms with Crippen molar-refractivity contribution in [2.24, 2.45) is 5.73 Å². The summed E-state index contributed by atoms with van der Waals surface area (Å²) in [6, 6.07) is 0. The van der Waals surface area contributed by atoms with Crippen molar-refractivity contribution in [1.29, 1.82) is 0 Å². The molecule has 0 spiro atoms. The Balaban J connectivity index is 2.34. The first-order chi connectivity index (χ1) is 4.74. The molecule has 0 saturated carbocycles. The number of nitrogens with zero attached hydrogens (tertiary/aromatic N) is 1. The number of ether oxygens (including phenoxy) is 1. The minimum Gasteiger partial charge on any atom is -0.445 e. The Morgan fingerprint density at radius 2 is 2.60 bits per heavy atom. The summed E-state index contributed by atoms with van der Waals surface area (Å²) < 4.78 is 4.80. The SMILES string of the molecule is [B]N1CC(CCN)OC1=O. The average molecular weight is 140 g/mol. The van der Waals surface area contributed by atoms with E-state index in [0.717, 1.165) is 4.81 Å². The van der Waals surface area contributed by atoms with Crippen LogP contribution in [0.15, 0.2) is 0 Å². The van der Waals surface area contributed by atoms with Gasteiger partial charge >= 0.3 is 6.09 Å². The third kappa shape index (κ3) is 1.41. The molecule has 1 aliphatic heterocycles. The maximum atomic E-state index is 10.6. The molecule has 2 radical (unpaired) electrons. The van der Waals surface area contributed by atoms with Crippen LogP contribution in [0.4, 0.5) is 4.79 Å². The van der Waals surface area contributed by atoms with Crippen LogP contribution in [-0.4, -0.2) is 38.1 Å². The van der Waals surface area contributed by atoms with Gasteiger partial charge in [-0.2, -0.15) is 0 Å². The van der Waals surface area contributed by atoms with Crippen LogP contribution in [0.1, 0.15) is 6.42 Å². The Bertz CT molecular complexity index is 142. The number of amides is 1. The van der Waals surface area contributed by atoms with Crippen molar-refractivity contribution in [3.63, 3.8) is 0 Å². The summed E-state index contributed by atoms with van der Waals surface area (Å²) in [7, 11) is 5.22. The van der Waals surface area contributed by atoms with Crippen LogP contribution in [0.5, 0.6) is 0 Å². The topological polar surface area (TPSA) is 55.6 Å². The fraction of sp³-hybridized carbons (Fsp3) is 0.800. The number of cyclic esters (lactones) is 1. The van der Waals surface area contributed by atoms with Gasteiger partial charge in [0, 0.05) is 6.54 Å². The molecule has 1 amide bonds. The van der Waals surface area contributed by atoms with Crippen molar-refractivity contribution in [2.75, 3.05) is 13.1 Å². The van der Waals surface area contributed by atoms with Gasteiger partial charge in [-0.15, -0.1) is 0 Å². The highest BCUT2D eigenvalue weighted by Gasteiger charge is 2.26. The van der Waals surface area contributed by atoms with E-state index in [0.29, 0.717) is 19.5 Å². The monoisotopic (exact) mass is 140 g/mol. The highest BCUT2D eigenvalue weighted by atomic mass is 16.6.